The second-order valence-corrected chi connectivity index (χ2v) is 9.12. The van der Waals surface area contributed by atoms with Gasteiger partial charge >= 0.3 is 0 Å². The van der Waals surface area contributed by atoms with Gasteiger partial charge in [-0.1, -0.05) is 39.0 Å². The van der Waals surface area contributed by atoms with E-state index in [1.54, 1.807) is 12.1 Å². The van der Waals surface area contributed by atoms with Crippen LogP contribution in [0.15, 0.2) is 42.5 Å². The summed E-state index contributed by atoms with van der Waals surface area (Å²) in [6.45, 7) is 5.40. The van der Waals surface area contributed by atoms with E-state index in [-0.39, 0.29) is 11.1 Å². The van der Waals surface area contributed by atoms with Crippen molar-refractivity contribution < 1.29 is 22.0 Å². The van der Waals surface area contributed by atoms with Gasteiger partial charge in [0.15, 0.2) is 11.6 Å². The second kappa shape index (κ2) is 7.64. The normalized spacial score (nSPS) is 11.9. The molecule has 2 aromatic rings. The first-order chi connectivity index (χ1) is 12.4. The molecule has 0 radical (unpaired) electrons. The number of para-hydroxylation sites is 1. The van der Waals surface area contributed by atoms with Crippen LogP contribution in [0, 0.1) is 11.6 Å². The highest BCUT2D eigenvalue weighted by Crippen LogP contribution is 2.29. The monoisotopic (exact) mass is 396 g/mol. The van der Waals surface area contributed by atoms with Crippen molar-refractivity contribution in [1.29, 1.82) is 0 Å². The van der Waals surface area contributed by atoms with Gasteiger partial charge < -0.3 is 5.32 Å². The summed E-state index contributed by atoms with van der Waals surface area (Å²) in [5, 5.41) is 2.70. The van der Waals surface area contributed by atoms with Crippen LogP contribution in [0.5, 0.6) is 0 Å². The minimum atomic E-state index is -3.89. The number of nitrogens with one attached hydrogen (secondary N) is 1. The van der Waals surface area contributed by atoms with Crippen LogP contribution >= 0.6 is 0 Å². The zero-order chi connectivity index (χ0) is 20.4. The Morgan fingerprint density at radius 1 is 1.07 bits per heavy atom. The summed E-state index contributed by atoms with van der Waals surface area (Å²) in [5.74, 6) is -2.89. The van der Waals surface area contributed by atoms with Crippen molar-refractivity contribution in [2.75, 3.05) is 22.4 Å². The van der Waals surface area contributed by atoms with E-state index in [2.05, 4.69) is 5.32 Å². The molecule has 8 heteroatoms. The molecule has 0 aliphatic rings. The van der Waals surface area contributed by atoms with Crippen molar-refractivity contribution in [3.8, 4) is 0 Å². The quantitative estimate of drug-likeness (QED) is 0.839. The Hall–Kier alpha value is -2.48. The molecular formula is C19H22F2N2O3S. The van der Waals surface area contributed by atoms with Crippen LogP contribution in [0.4, 0.5) is 20.2 Å². The van der Waals surface area contributed by atoms with Gasteiger partial charge in [0.25, 0.3) is 0 Å². The number of sulfonamides is 1. The number of halogens is 2. The van der Waals surface area contributed by atoms with E-state index < -0.39 is 34.1 Å². The lowest BCUT2D eigenvalue weighted by Gasteiger charge is -2.25. The lowest BCUT2D eigenvalue weighted by Crippen LogP contribution is -2.37. The lowest BCUT2D eigenvalue weighted by molar-refractivity contribution is -0.114. The third kappa shape index (κ3) is 5.26. The van der Waals surface area contributed by atoms with E-state index in [4.69, 9.17) is 0 Å². The number of nitrogens with zero attached hydrogens (tertiary/aromatic N) is 1. The van der Waals surface area contributed by atoms with Gasteiger partial charge in [-0.3, -0.25) is 9.10 Å². The van der Waals surface area contributed by atoms with Crippen LogP contribution < -0.4 is 9.62 Å². The third-order valence-electron chi connectivity index (χ3n) is 3.89. The van der Waals surface area contributed by atoms with Crippen LogP contribution in [0.25, 0.3) is 0 Å². The fourth-order valence-electron chi connectivity index (χ4n) is 2.61. The van der Waals surface area contributed by atoms with E-state index in [9.17, 15) is 22.0 Å². The Labute approximate surface area is 158 Å². The molecule has 146 valence electrons. The molecule has 0 atom stereocenters. The summed E-state index contributed by atoms with van der Waals surface area (Å²) >= 11 is 0. The molecule has 0 heterocycles. The summed E-state index contributed by atoms with van der Waals surface area (Å²) in [7, 11) is -3.89. The number of hydrogen-bond acceptors (Lipinski definition) is 3. The van der Waals surface area contributed by atoms with Crippen LogP contribution in [0.3, 0.4) is 0 Å². The molecule has 0 aliphatic heterocycles. The van der Waals surface area contributed by atoms with Gasteiger partial charge in [0, 0.05) is 11.8 Å². The molecule has 0 bridgehead atoms. The number of carbonyl (C=O) groups excluding carboxylic acids is 1. The maximum atomic E-state index is 13.5. The summed E-state index contributed by atoms with van der Waals surface area (Å²) in [6, 6.07) is 9.87. The number of anilines is 2. The molecule has 1 amide bonds. The number of benzene rings is 2. The highest BCUT2D eigenvalue weighted by Gasteiger charge is 2.24. The standard InChI is InChI=1S/C19H22F2N2O3S/c1-19(2,3)14-7-5-6-8-17(14)22-18(24)12-23(27(4,25)26)13-9-10-15(20)16(21)11-13/h5-11H,12H2,1-4H3,(H,22,24). The van der Waals surface area contributed by atoms with Gasteiger partial charge in [-0.2, -0.15) is 0 Å². The largest absolute Gasteiger partial charge is 0.324 e. The summed E-state index contributed by atoms with van der Waals surface area (Å²) in [4.78, 5) is 12.5. The van der Waals surface area contributed by atoms with Crippen LogP contribution in [0.2, 0.25) is 0 Å². The SMILES string of the molecule is CC(C)(C)c1ccccc1NC(=O)CN(c1ccc(F)c(F)c1)S(C)(=O)=O. The van der Waals surface area contributed by atoms with E-state index in [1.165, 1.54) is 0 Å². The highest BCUT2D eigenvalue weighted by molar-refractivity contribution is 7.92. The van der Waals surface area contributed by atoms with Crippen molar-refractivity contribution in [3.05, 3.63) is 59.7 Å². The predicted molar refractivity (Wildman–Crippen MR) is 102 cm³/mol. The average molecular weight is 396 g/mol. The molecule has 5 nitrogen and oxygen atoms in total. The highest BCUT2D eigenvalue weighted by atomic mass is 32.2. The van der Waals surface area contributed by atoms with Gasteiger partial charge in [0.2, 0.25) is 15.9 Å². The Morgan fingerprint density at radius 2 is 1.70 bits per heavy atom. The maximum Gasteiger partial charge on any atom is 0.245 e. The average Bonchev–Trinajstić information content (AvgIpc) is 2.54. The molecule has 0 spiro atoms. The molecule has 1 N–H and O–H groups in total. The molecule has 0 aromatic heterocycles. The first kappa shape index (κ1) is 20.8. The number of rotatable bonds is 5. The topological polar surface area (TPSA) is 66.5 Å². The first-order valence-electron chi connectivity index (χ1n) is 8.22. The molecular weight excluding hydrogens is 374 g/mol. The van der Waals surface area contributed by atoms with Gasteiger partial charge in [-0.15, -0.1) is 0 Å². The van der Waals surface area contributed by atoms with Gasteiger partial charge in [-0.05, 0) is 29.2 Å². The van der Waals surface area contributed by atoms with Crippen LogP contribution in [-0.2, 0) is 20.2 Å². The summed E-state index contributed by atoms with van der Waals surface area (Å²) in [6.07, 6.45) is 0.893. The van der Waals surface area contributed by atoms with Crippen molar-refractivity contribution in [2.24, 2.45) is 0 Å². The van der Waals surface area contributed by atoms with Gasteiger partial charge in [-0.25, -0.2) is 17.2 Å². The summed E-state index contributed by atoms with van der Waals surface area (Å²) < 4.78 is 51.5. The Bertz CT molecular complexity index is 954. The molecule has 0 saturated carbocycles. The number of amides is 1. The fraction of sp³-hybridized carbons (Fsp3) is 0.316. The van der Waals surface area contributed by atoms with E-state index in [0.717, 1.165) is 34.3 Å². The first-order valence-corrected chi connectivity index (χ1v) is 10.1. The van der Waals surface area contributed by atoms with E-state index >= 15 is 0 Å². The minimum Gasteiger partial charge on any atom is -0.324 e. The third-order valence-corrected chi connectivity index (χ3v) is 5.03. The molecule has 27 heavy (non-hydrogen) atoms. The Balaban J connectivity index is 2.30. The van der Waals surface area contributed by atoms with E-state index in [0.29, 0.717) is 5.69 Å². The van der Waals surface area contributed by atoms with Crippen molar-refractivity contribution >= 4 is 27.3 Å². The van der Waals surface area contributed by atoms with Crippen molar-refractivity contribution in [3.63, 3.8) is 0 Å². The van der Waals surface area contributed by atoms with Gasteiger partial charge in [0.05, 0.1) is 11.9 Å². The molecule has 0 unspecified atom stereocenters. The van der Waals surface area contributed by atoms with Gasteiger partial charge in [0.1, 0.15) is 6.54 Å². The van der Waals surface area contributed by atoms with Crippen molar-refractivity contribution in [2.45, 2.75) is 26.2 Å². The number of hydrogen-bond donors (Lipinski definition) is 1. The van der Waals surface area contributed by atoms with Crippen molar-refractivity contribution in [1.82, 2.24) is 0 Å². The Morgan fingerprint density at radius 3 is 2.26 bits per heavy atom. The van der Waals surface area contributed by atoms with Crippen LogP contribution in [-0.4, -0.2) is 27.1 Å². The molecule has 2 aromatic carbocycles. The molecule has 2 rings (SSSR count). The maximum absolute atomic E-state index is 13.5. The lowest BCUT2D eigenvalue weighted by atomic mass is 9.86. The number of carbonyl (C=O) groups is 1. The Kier molecular flexibility index (Phi) is 5.89. The van der Waals surface area contributed by atoms with E-state index in [1.807, 2.05) is 32.9 Å². The summed E-state index contributed by atoms with van der Waals surface area (Å²) in [5.41, 5.74) is 1.09. The zero-order valence-electron chi connectivity index (χ0n) is 15.6. The predicted octanol–water partition coefficient (Wildman–Crippen LogP) is 3.67. The molecule has 0 saturated heterocycles. The second-order valence-electron chi connectivity index (χ2n) is 7.21. The van der Waals surface area contributed by atoms with Crippen LogP contribution in [0.1, 0.15) is 26.3 Å². The smallest absolute Gasteiger partial charge is 0.245 e. The minimum absolute atomic E-state index is 0.129. The molecule has 0 aliphatic carbocycles. The molecule has 0 fully saturated rings. The fourth-order valence-corrected chi connectivity index (χ4v) is 3.45. The zero-order valence-corrected chi connectivity index (χ0v) is 16.4.